The van der Waals surface area contributed by atoms with Crippen molar-refractivity contribution in [2.75, 3.05) is 5.32 Å². The van der Waals surface area contributed by atoms with Crippen LogP contribution in [0, 0.1) is 6.92 Å². The number of nitrogens with zero attached hydrogens (tertiary/aromatic N) is 1. The van der Waals surface area contributed by atoms with E-state index in [4.69, 9.17) is 16.3 Å². The molecule has 2 N–H and O–H groups in total. The highest BCUT2D eigenvalue weighted by atomic mass is 35.5. The Morgan fingerprint density at radius 3 is 2.77 bits per heavy atom. The van der Waals surface area contributed by atoms with Gasteiger partial charge in [0, 0.05) is 12.1 Å². The number of rotatable bonds is 4. The van der Waals surface area contributed by atoms with Crippen LogP contribution in [0.5, 0.6) is 5.75 Å². The lowest BCUT2D eigenvalue weighted by Crippen LogP contribution is -2.24. The topological polar surface area (TPSA) is 67.0 Å². The molecule has 0 amide bonds. The van der Waals surface area contributed by atoms with Crippen LogP contribution < -0.4 is 15.6 Å². The van der Waals surface area contributed by atoms with Crippen LogP contribution in [0.1, 0.15) is 31.9 Å². The fourth-order valence-corrected chi connectivity index (χ4v) is 2.09. The van der Waals surface area contributed by atoms with E-state index in [1.54, 1.807) is 0 Å². The van der Waals surface area contributed by atoms with Gasteiger partial charge in [0.2, 0.25) is 0 Å². The molecular formula is C16H20ClN3O2. The zero-order valence-corrected chi connectivity index (χ0v) is 13.9. The van der Waals surface area contributed by atoms with Gasteiger partial charge in [0.1, 0.15) is 16.4 Å². The third-order valence-corrected chi connectivity index (χ3v) is 3.28. The van der Waals surface area contributed by atoms with Crippen molar-refractivity contribution in [1.82, 2.24) is 10.2 Å². The van der Waals surface area contributed by atoms with Crippen molar-refractivity contribution in [3.8, 4) is 5.75 Å². The summed E-state index contributed by atoms with van der Waals surface area (Å²) < 4.78 is 6.00. The number of aryl methyl sites for hydroxylation is 1. The minimum absolute atomic E-state index is 0.0976. The van der Waals surface area contributed by atoms with E-state index in [2.05, 4.69) is 15.5 Å². The molecule has 0 aliphatic heterocycles. The fourth-order valence-electron chi connectivity index (χ4n) is 1.93. The number of aromatic nitrogens is 2. The molecule has 1 aromatic carbocycles. The van der Waals surface area contributed by atoms with E-state index in [0.29, 0.717) is 12.2 Å². The van der Waals surface area contributed by atoms with Crippen LogP contribution in [0.3, 0.4) is 0 Å². The first-order valence-corrected chi connectivity index (χ1v) is 7.39. The molecule has 0 radical (unpaired) electrons. The number of H-pyrrole nitrogens is 1. The first-order valence-electron chi connectivity index (χ1n) is 7.02. The second kappa shape index (κ2) is 6.40. The lowest BCUT2D eigenvalue weighted by Gasteiger charge is -2.24. The number of nitrogens with one attached hydrogen (secondary N) is 2. The Kier molecular flexibility index (Phi) is 4.76. The van der Waals surface area contributed by atoms with E-state index in [1.165, 1.54) is 6.20 Å². The Bertz CT molecular complexity index is 720. The molecule has 1 heterocycles. The molecule has 1 aromatic heterocycles. The zero-order chi connectivity index (χ0) is 16.3. The lowest BCUT2D eigenvalue weighted by molar-refractivity contribution is 0.129. The van der Waals surface area contributed by atoms with Crippen LogP contribution >= 0.6 is 11.6 Å². The highest BCUT2D eigenvalue weighted by molar-refractivity contribution is 6.32. The molecule has 2 aromatic rings. The van der Waals surface area contributed by atoms with Gasteiger partial charge in [-0.15, -0.1) is 0 Å². The summed E-state index contributed by atoms with van der Waals surface area (Å²) in [5, 5.41) is 9.24. The third-order valence-electron chi connectivity index (χ3n) is 2.90. The van der Waals surface area contributed by atoms with Gasteiger partial charge in [0.15, 0.2) is 0 Å². The smallest absolute Gasteiger partial charge is 0.285 e. The molecule has 0 unspecified atom stereocenters. The molecule has 0 spiro atoms. The number of halogens is 1. The van der Waals surface area contributed by atoms with Crippen molar-refractivity contribution in [2.45, 2.75) is 39.8 Å². The average Bonchev–Trinajstić information content (AvgIpc) is 2.40. The number of aromatic amines is 1. The van der Waals surface area contributed by atoms with Gasteiger partial charge in [-0.3, -0.25) is 4.79 Å². The van der Waals surface area contributed by atoms with Crippen molar-refractivity contribution >= 4 is 17.3 Å². The number of benzene rings is 1. The minimum atomic E-state index is -0.415. The number of hydrogen-bond acceptors (Lipinski definition) is 4. The molecule has 118 valence electrons. The predicted molar refractivity (Wildman–Crippen MR) is 88.8 cm³/mol. The summed E-state index contributed by atoms with van der Waals surface area (Å²) in [6.45, 7) is 8.51. The van der Waals surface area contributed by atoms with Gasteiger partial charge < -0.3 is 10.1 Å². The van der Waals surface area contributed by atoms with Crippen LogP contribution in [0.4, 0.5) is 5.69 Å². The summed E-state index contributed by atoms with van der Waals surface area (Å²) in [5.74, 6) is 0.814. The van der Waals surface area contributed by atoms with E-state index in [9.17, 15) is 4.79 Å². The molecule has 2 rings (SSSR count). The van der Waals surface area contributed by atoms with E-state index < -0.39 is 5.56 Å². The first-order chi connectivity index (χ1) is 10.3. The van der Waals surface area contributed by atoms with Gasteiger partial charge in [0.05, 0.1) is 11.9 Å². The van der Waals surface area contributed by atoms with E-state index >= 15 is 0 Å². The molecule has 0 saturated heterocycles. The molecule has 0 aliphatic rings. The highest BCUT2D eigenvalue weighted by Gasteiger charge is 2.15. The quantitative estimate of drug-likeness (QED) is 0.904. The Morgan fingerprint density at radius 1 is 1.36 bits per heavy atom. The molecule has 22 heavy (non-hydrogen) atoms. The van der Waals surface area contributed by atoms with Crippen LogP contribution in [0.25, 0.3) is 0 Å². The molecule has 0 aliphatic carbocycles. The summed E-state index contributed by atoms with van der Waals surface area (Å²) in [5.41, 5.74) is 1.90. The van der Waals surface area contributed by atoms with Crippen molar-refractivity contribution in [1.29, 1.82) is 0 Å². The van der Waals surface area contributed by atoms with Crippen LogP contribution in [-0.2, 0) is 6.54 Å². The van der Waals surface area contributed by atoms with Crippen molar-refractivity contribution in [3.63, 3.8) is 0 Å². The van der Waals surface area contributed by atoms with Gasteiger partial charge in [-0.05, 0) is 39.3 Å². The summed E-state index contributed by atoms with van der Waals surface area (Å²) in [6.07, 6.45) is 1.49. The second-order valence-corrected chi connectivity index (χ2v) is 6.48. The molecule has 0 fully saturated rings. The average molecular weight is 322 g/mol. The number of anilines is 1. The maximum Gasteiger partial charge on any atom is 0.285 e. The van der Waals surface area contributed by atoms with E-state index in [0.717, 1.165) is 16.9 Å². The fraction of sp³-hybridized carbons (Fsp3) is 0.375. The molecule has 6 heteroatoms. The maximum atomic E-state index is 11.4. The molecule has 0 atom stereocenters. The summed E-state index contributed by atoms with van der Waals surface area (Å²) >= 11 is 5.95. The monoisotopic (exact) mass is 321 g/mol. The number of ether oxygens (including phenoxy) is 1. The summed E-state index contributed by atoms with van der Waals surface area (Å²) in [4.78, 5) is 11.4. The van der Waals surface area contributed by atoms with Gasteiger partial charge in [-0.1, -0.05) is 23.7 Å². The Morgan fingerprint density at radius 2 is 2.09 bits per heavy atom. The maximum absolute atomic E-state index is 11.4. The zero-order valence-electron chi connectivity index (χ0n) is 13.2. The van der Waals surface area contributed by atoms with Crippen LogP contribution in [0.2, 0.25) is 5.02 Å². The Labute approximate surface area is 134 Å². The third kappa shape index (κ3) is 4.24. The number of hydrogen-bond donors (Lipinski definition) is 2. The Balaban J connectivity index is 2.22. The predicted octanol–water partition coefficient (Wildman–Crippen LogP) is 3.52. The first kappa shape index (κ1) is 16.4. The van der Waals surface area contributed by atoms with Crippen LogP contribution in [-0.4, -0.2) is 15.8 Å². The van der Waals surface area contributed by atoms with Gasteiger partial charge in [0.25, 0.3) is 5.56 Å². The normalized spacial score (nSPS) is 11.3. The summed E-state index contributed by atoms with van der Waals surface area (Å²) in [6, 6.07) is 6.02. The second-order valence-electron chi connectivity index (χ2n) is 6.11. The standard InChI is InChI=1S/C16H20ClN3O2/c1-10-5-6-11(13(7-10)22-16(2,3)4)8-18-12-9-19-20-15(21)14(12)17/h5-7,9H,8H2,1-4H3,(H2,18,20,21). The van der Waals surface area contributed by atoms with Crippen LogP contribution in [0.15, 0.2) is 29.2 Å². The SMILES string of the molecule is Cc1ccc(CNc2cn[nH]c(=O)c2Cl)c(OC(C)(C)C)c1. The molecule has 5 nitrogen and oxygen atoms in total. The van der Waals surface area contributed by atoms with Crippen molar-refractivity contribution in [3.05, 3.63) is 50.9 Å². The minimum Gasteiger partial charge on any atom is -0.488 e. The van der Waals surface area contributed by atoms with Gasteiger partial charge >= 0.3 is 0 Å². The highest BCUT2D eigenvalue weighted by Crippen LogP contribution is 2.26. The van der Waals surface area contributed by atoms with E-state index in [-0.39, 0.29) is 10.6 Å². The molecule has 0 saturated carbocycles. The van der Waals surface area contributed by atoms with Crippen molar-refractivity contribution < 1.29 is 4.74 Å². The van der Waals surface area contributed by atoms with Gasteiger partial charge in [-0.2, -0.15) is 5.10 Å². The van der Waals surface area contributed by atoms with Crippen molar-refractivity contribution in [2.24, 2.45) is 0 Å². The summed E-state index contributed by atoms with van der Waals surface area (Å²) in [7, 11) is 0. The molecular weight excluding hydrogens is 302 g/mol. The lowest BCUT2D eigenvalue weighted by atomic mass is 10.1. The molecule has 0 bridgehead atoms. The largest absolute Gasteiger partial charge is 0.488 e. The van der Waals surface area contributed by atoms with Gasteiger partial charge in [-0.25, -0.2) is 5.10 Å². The Hall–Kier alpha value is -2.01. The van der Waals surface area contributed by atoms with E-state index in [1.807, 2.05) is 45.9 Å².